The lowest BCUT2D eigenvalue weighted by molar-refractivity contribution is -0.133. The highest BCUT2D eigenvalue weighted by Gasteiger charge is 2.25. The van der Waals surface area contributed by atoms with Crippen molar-refractivity contribution in [3.63, 3.8) is 0 Å². The van der Waals surface area contributed by atoms with Crippen LogP contribution in [-0.2, 0) is 11.3 Å². The van der Waals surface area contributed by atoms with E-state index in [1.54, 1.807) is 4.90 Å². The quantitative estimate of drug-likeness (QED) is 0.850. The molecule has 2 rings (SSSR count). The maximum absolute atomic E-state index is 12.3. The van der Waals surface area contributed by atoms with E-state index in [9.17, 15) is 4.79 Å². The molecule has 0 radical (unpaired) electrons. The lowest BCUT2D eigenvalue weighted by Crippen LogP contribution is -2.58. The molecule has 0 saturated carbocycles. The molecule has 0 aliphatic carbocycles. The van der Waals surface area contributed by atoms with Gasteiger partial charge in [0.1, 0.15) is 0 Å². The molecule has 4 nitrogen and oxygen atoms in total. The lowest BCUT2D eigenvalue weighted by Gasteiger charge is -2.31. The van der Waals surface area contributed by atoms with E-state index in [4.69, 9.17) is 0 Å². The fourth-order valence-electron chi connectivity index (χ4n) is 2.27. The molecule has 1 aliphatic rings. The predicted octanol–water partition coefficient (Wildman–Crippen LogP) is 0.903. The van der Waals surface area contributed by atoms with Crippen LogP contribution in [0.25, 0.3) is 0 Å². The number of carbonyl (C=O) groups excluding carboxylic acids is 1. The van der Waals surface area contributed by atoms with Gasteiger partial charge in [-0.2, -0.15) is 0 Å². The smallest absolute Gasteiger partial charge is 0.241 e. The molecule has 1 fully saturated rings. The van der Waals surface area contributed by atoms with Crippen molar-refractivity contribution in [2.75, 3.05) is 20.1 Å². The van der Waals surface area contributed by atoms with Gasteiger partial charge in [0.25, 0.3) is 0 Å². The van der Waals surface area contributed by atoms with Crippen molar-refractivity contribution >= 4 is 5.91 Å². The summed E-state index contributed by atoms with van der Waals surface area (Å²) in [6.45, 7) is 6.39. The molecule has 1 aromatic rings. The molecule has 1 amide bonds. The minimum atomic E-state index is -0.105. The number of benzene rings is 1. The molecule has 0 spiro atoms. The fourth-order valence-corrected chi connectivity index (χ4v) is 2.27. The van der Waals surface area contributed by atoms with Gasteiger partial charge in [-0.25, -0.2) is 0 Å². The molecular weight excluding hydrogens is 238 g/mol. The van der Waals surface area contributed by atoms with E-state index >= 15 is 0 Å². The van der Waals surface area contributed by atoms with Crippen LogP contribution in [0.4, 0.5) is 0 Å². The molecule has 19 heavy (non-hydrogen) atoms. The number of nitrogens with one attached hydrogen (secondary N) is 2. The van der Waals surface area contributed by atoms with E-state index in [0.29, 0.717) is 19.1 Å². The molecule has 2 N–H and O–H groups in total. The number of rotatable bonds is 3. The normalized spacial score (nSPS) is 23.1. The van der Waals surface area contributed by atoms with E-state index < -0.39 is 0 Å². The zero-order valence-electron chi connectivity index (χ0n) is 11.9. The Morgan fingerprint density at radius 3 is 2.53 bits per heavy atom. The van der Waals surface area contributed by atoms with E-state index in [1.807, 2.05) is 7.05 Å². The molecule has 4 heteroatoms. The van der Waals surface area contributed by atoms with Crippen LogP contribution in [0.5, 0.6) is 0 Å². The summed E-state index contributed by atoms with van der Waals surface area (Å²) in [5, 5.41) is 6.62. The number of amides is 1. The first-order chi connectivity index (χ1) is 9.06. The Morgan fingerprint density at radius 2 is 1.95 bits per heavy atom. The number of carbonyl (C=O) groups is 1. The second-order valence-corrected chi connectivity index (χ2v) is 5.45. The first-order valence-corrected chi connectivity index (χ1v) is 6.83. The van der Waals surface area contributed by atoms with Gasteiger partial charge in [-0.05, 0) is 19.4 Å². The van der Waals surface area contributed by atoms with E-state index in [2.05, 4.69) is 48.7 Å². The monoisotopic (exact) mass is 261 g/mol. The van der Waals surface area contributed by atoms with Gasteiger partial charge in [-0.1, -0.05) is 29.8 Å². The second-order valence-electron chi connectivity index (χ2n) is 5.45. The molecule has 1 aliphatic heterocycles. The highest BCUT2D eigenvalue weighted by Crippen LogP contribution is 2.07. The summed E-state index contributed by atoms with van der Waals surface area (Å²) >= 11 is 0. The highest BCUT2D eigenvalue weighted by molar-refractivity contribution is 5.82. The van der Waals surface area contributed by atoms with Crippen molar-refractivity contribution < 1.29 is 4.79 Å². The summed E-state index contributed by atoms with van der Waals surface area (Å²) in [5.41, 5.74) is 2.41. The van der Waals surface area contributed by atoms with Crippen LogP contribution in [0.1, 0.15) is 18.1 Å². The minimum absolute atomic E-state index is 0.105. The second kappa shape index (κ2) is 6.17. The third kappa shape index (κ3) is 3.78. The summed E-state index contributed by atoms with van der Waals surface area (Å²) in [7, 11) is 1.86. The number of piperazine rings is 1. The standard InChI is InChI=1S/C15H23N3O/c1-11-4-6-13(7-5-11)10-18(3)15(19)14-9-16-12(2)8-17-14/h4-7,12,14,16-17H,8-10H2,1-3H3. The number of nitrogens with zero attached hydrogens (tertiary/aromatic N) is 1. The van der Waals surface area contributed by atoms with Gasteiger partial charge in [0.2, 0.25) is 5.91 Å². The zero-order chi connectivity index (χ0) is 13.8. The van der Waals surface area contributed by atoms with Gasteiger partial charge in [-0.15, -0.1) is 0 Å². The van der Waals surface area contributed by atoms with Crippen LogP contribution in [0.15, 0.2) is 24.3 Å². The molecule has 1 aromatic carbocycles. The topological polar surface area (TPSA) is 44.4 Å². The van der Waals surface area contributed by atoms with Crippen molar-refractivity contribution in [1.29, 1.82) is 0 Å². The van der Waals surface area contributed by atoms with Crippen LogP contribution in [0.3, 0.4) is 0 Å². The van der Waals surface area contributed by atoms with Gasteiger partial charge >= 0.3 is 0 Å². The van der Waals surface area contributed by atoms with Crippen molar-refractivity contribution in [3.8, 4) is 0 Å². The summed E-state index contributed by atoms with van der Waals surface area (Å²) in [6.07, 6.45) is 0. The highest BCUT2D eigenvalue weighted by atomic mass is 16.2. The Kier molecular flexibility index (Phi) is 4.56. The summed E-state index contributed by atoms with van der Waals surface area (Å²) in [4.78, 5) is 14.1. The number of hydrogen-bond acceptors (Lipinski definition) is 3. The first-order valence-electron chi connectivity index (χ1n) is 6.83. The van der Waals surface area contributed by atoms with Gasteiger partial charge in [0.05, 0.1) is 6.04 Å². The average molecular weight is 261 g/mol. The first kappa shape index (κ1) is 14.0. The zero-order valence-corrected chi connectivity index (χ0v) is 11.9. The number of aryl methyl sites for hydroxylation is 1. The molecule has 1 heterocycles. The summed E-state index contributed by atoms with van der Waals surface area (Å²) in [6, 6.07) is 8.64. The van der Waals surface area contributed by atoms with Crippen LogP contribution in [-0.4, -0.2) is 43.0 Å². The van der Waals surface area contributed by atoms with Crippen LogP contribution in [0.2, 0.25) is 0 Å². The van der Waals surface area contributed by atoms with Gasteiger partial charge in [0.15, 0.2) is 0 Å². The van der Waals surface area contributed by atoms with E-state index in [1.165, 1.54) is 11.1 Å². The summed E-state index contributed by atoms with van der Waals surface area (Å²) in [5.74, 6) is 0.153. The third-order valence-electron chi connectivity index (χ3n) is 3.56. The number of likely N-dealkylation sites (N-methyl/N-ethyl adjacent to an activating group) is 1. The number of hydrogen-bond donors (Lipinski definition) is 2. The lowest BCUT2D eigenvalue weighted by atomic mass is 10.1. The molecular formula is C15H23N3O. The molecule has 2 atom stereocenters. The Morgan fingerprint density at radius 1 is 1.26 bits per heavy atom. The van der Waals surface area contributed by atoms with Crippen molar-refractivity contribution in [3.05, 3.63) is 35.4 Å². The fraction of sp³-hybridized carbons (Fsp3) is 0.533. The van der Waals surface area contributed by atoms with Crippen molar-refractivity contribution in [2.45, 2.75) is 32.5 Å². The molecule has 2 unspecified atom stereocenters. The van der Waals surface area contributed by atoms with E-state index in [0.717, 1.165) is 6.54 Å². The maximum atomic E-state index is 12.3. The van der Waals surface area contributed by atoms with Crippen LogP contribution in [0, 0.1) is 6.92 Å². The Labute approximate surface area is 115 Å². The Hall–Kier alpha value is -1.39. The SMILES string of the molecule is Cc1ccc(CN(C)C(=O)C2CNC(C)CN2)cc1. The predicted molar refractivity (Wildman–Crippen MR) is 76.9 cm³/mol. The largest absolute Gasteiger partial charge is 0.340 e. The summed E-state index contributed by atoms with van der Waals surface area (Å²) < 4.78 is 0. The van der Waals surface area contributed by atoms with Crippen molar-refractivity contribution in [2.24, 2.45) is 0 Å². The van der Waals surface area contributed by atoms with Crippen LogP contribution < -0.4 is 10.6 Å². The van der Waals surface area contributed by atoms with Gasteiger partial charge < -0.3 is 15.5 Å². The van der Waals surface area contributed by atoms with E-state index in [-0.39, 0.29) is 11.9 Å². The Balaban J connectivity index is 1.90. The van der Waals surface area contributed by atoms with Crippen molar-refractivity contribution in [1.82, 2.24) is 15.5 Å². The maximum Gasteiger partial charge on any atom is 0.241 e. The van der Waals surface area contributed by atoms with Crippen LogP contribution >= 0.6 is 0 Å². The average Bonchev–Trinajstić information content (AvgIpc) is 2.41. The molecule has 104 valence electrons. The minimum Gasteiger partial charge on any atom is -0.340 e. The molecule has 0 aromatic heterocycles. The molecule has 0 bridgehead atoms. The third-order valence-corrected chi connectivity index (χ3v) is 3.56. The van der Waals surface area contributed by atoms with Gasteiger partial charge in [0, 0.05) is 32.7 Å². The Bertz CT molecular complexity index is 422. The van der Waals surface area contributed by atoms with Gasteiger partial charge in [-0.3, -0.25) is 4.79 Å². The molecule has 1 saturated heterocycles.